The van der Waals surface area contributed by atoms with Crippen LogP contribution in [0, 0.1) is 6.92 Å². The second kappa shape index (κ2) is 6.37. The van der Waals surface area contributed by atoms with Gasteiger partial charge in [-0.1, -0.05) is 29.8 Å². The van der Waals surface area contributed by atoms with Crippen molar-refractivity contribution in [2.75, 3.05) is 19.6 Å². The van der Waals surface area contributed by atoms with Crippen LogP contribution in [0.2, 0.25) is 0 Å². The lowest BCUT2D eigenvalue weighted by atomic mass is 10.2. The molecule has 2 rings (SSSR count). The molecule has 0 atom stereocenters. The van der Waals surface area contributed by atoms with Crippen LogP contribution in [0.15, 0.2) is 24.3 Å². The van der Waals surface area contributed by atoms with Crippen molar-refractivity contribution < 1.29 is 13.2 Å². The van der Waals surface area contributed by atoms with Crippen LogP contribution in [-0.2, 0) is 20.6 Å². The highest BCUT2D eigenvalue weighted by molar-refractivity contribution is 7.88. The van der Waals surface area contributed by atoms with Crippen molar-refractivity contribution in [2.24, 2.45) is 0 Å². The maximum Gasteiger partial charge on any atom is 0.237 e. The maximum atomic E-state index is 11.9. The molecule has 6 heteroatoms. The van der Waals surface area contributed by atoms with Gasteiger partial charge in [0, 0.05) is 13.1 Å². The van der Waals surface area contributed by atoms with Crippen molar-refractivity contribution in [2.45, 2.75) is 25.5 Å². The van der Waals surface area contributed by atoms with E-state index in [2.05, 4.69) is 4.72 Å². The largest absolute Gasteiger partial charge is 0.342 e. The summed E-state index contributed by atoms with van der Waals surface area (Å²) in [6.45, 7) is 3.24. The van der Waals surface area contributed by atoms with Gasteiger partial charge >= 0.3 is 0 Å². The molecule has 1 N–H and O–H groups in total. The van der Waals surface area contributed by atoms with Crippen molar-refractivity contribution in [1.29, 1.82) is 0 Å². The third kappa shape index (κ3) is 4.31. The Hall–Kier alpha value is -1.40. The highest BCUT2D eigenvalue weighted by atomic mass is 32.2. The van der Waals surface area contributed by atoms with E-state index in [1.165, 1.54) is 0 Å². The summed E-state index contributed by atoms with van der Waals surface area (Å²) in [5.41, 5.74) is 1.75. The molecule has 0 bridgehead atoms. The zero-order valence-electron chi connectivity index (χ0n) is 11.6. The SMILES string of the molecule is Cc1cccc(CS(=O)(=O)NCC(=O)N2CCCC2)c1. The second-order valence-corrected chi connectivity index (χ2v) is 6.96. The smallest absolute Gasteiger partial charge is 0.237 e. The molecule has 1 amide bonds. The first-order valence-corrected chi connectivity index (χ1v) is 8.42. The maximum absolute atomic E-state index is 11.9. The van der Waals surface area contributed by atoms with Crippen LogP contribution in [0.4, 0.5) is 0 Å². The van der Waals surface area contributed by atoms with Crippen molar-refractivity contribution in [1.82, 2.24) is 9.62 Å². The molecule has 0 radical (unpaired) electrons. The number of likely N-dealkylation sites (tertiary alicyclic amines) is 1. The van der Waals surface area contributed by atoms with Crippen molar-refractivity contribution >= 4 is 15.9 Å². The van der Waals surface area contributed by atoms with Gasteiger partial charge in [-0.3, -0.25) is 4.79 Å². The molecule has 1 aromatic rings. The van der Waals surface area contributed by atoms with E-state index >= 15 is 0 Å². The molecule has 0 aromatic heterocycles. The van der Waals surface area contributed by atoms with Gasteiger partial charge in [0.25, 0.3) is 0 Å². The zero-order chi connectivity index (χ0) is 14.6. The molecule has 110 valence electrons. The molecule has 0 saturated carbocycles. The number of carbonyl (C=O) groups excluding carboxylic acids is 1. The Kier molecular flexibility index (Phi) is 4.77. The first-order valence-electron chi connectivity index (χ1n) is 6.77. The Balaban J connectivity index is 1.89. The van der Waals surface area contributed by atoms with E-state index in [0.717, 1.165) is 37.1 Å². The molecule has 1 aliphatic heterocycles. The highest BCUT2D eigenvalue weighted by Gasteiger charge is 2.20. The zero-order valence-corrected chi connectivity index (χ0v) is 12.4. The normalized spacial score (nSPS) is 15.6. The molecule has 1 saturated heterocycles. The highest BCUT2D eigenvalue weighted by Crippen LogP contribution is 2.09. The molecule has 5 nitrogen and oxygen atoms in total. The summed E-state index contributed by atoms with van der Waals surface area (Å²) in [4.78, 5) is 13.5. The Morgan fingerprint density at radius 2 is 2.00 bits per heavy atom. The number of rotatable bonds is 5. The van der Waals surface area contributed by atoms with Gasteiger partial charge in [-0.2, -0.15) is 0 Å². The van der Waals surface area contributed by atoms with Crippen LogP contribution in [-0.4, -0.2) is 38.9 Å². The van der Waals surface area contributed by atoms with Crippen LogP contribution >= 0.6 is 0 Å². The molecule has 1 aromatic carbocycles. The van der Waals surface area contributed by atoms with E-state index < -0.39 is 10.0 Å². The standard InChI is InChI=1S/C14H20N2O3S/c1-12-5-4-6-13(9-12)11-20(18,19)15-10-14(17)16-7-2-3-8-16/h4-6,9,15H,2-3,7-8,10-11H2,1H3. The molecular formula is C14H20N2O3S. The van der Waals surface area contributed by atoms with Crippen molar-refractivity contribution in [3.05, 3.63) is 35.4 Å². The average Bonchev–Trinajstić information content (AvgIpc) is 2.89. The summed E-state index contributed by atoms with van der Waals surface area (Å²) in [6, 6.07) is 7.35. The van der Waals surface area contributed by atoms with Gasteiger partial charge in [0.2, 0.25) is 15.9 Å². The van der Waals surface area contributed by atoms with Gasteiger partial charge in [0.1, 0.15) is 0 Å². The number of hydrogen-bond acceptors (Lipinski definition) is 3. The van der Waals surface area contributed by atoms with Gasteiger partial charge in [-0.25, -0.2) is 13.1 Å². The van der Waals surface area contributed by atoms with Gasteiger partial charge in [0.15, 0.2) is 0 Å². The summed E-state index contributed by atoms with van der Waals surface area (Å²) >= 11 is 0. The lowest BCUT2D eigenvalue weighted by Crippen LogP contribution is -2.39. The van der Waals surface area contributed by atoms with Gasteiger partial charge in [0.05, 0.1) is 12.3 Å². The van der Waals surface area contributed by atoms with E-state index in [1.807, 2.05) is 25.1 Å². The molecule has 1 aliphatic rings. The van der Waals surface area contributed by atoms with Crippen LogP contribution < -0.4 is 4.72 Å². The lowest BCUT2D eigenvalue weighted by Gasteiger charge is -2.15. The predicted molar refractivity (Wildman–Crippen MR) is 77.6 cm³/mol. The Morgan fingerprint density at radius 1 is 1.30 bits per heavy atom. The third-order valence-corrected chi connectivity index (χ3v) is 4.64. The van der Waals surface area contributed by atoms with Crippen LogP contribution in [0.25, 0.3) is 0 Å². The van der Waals surface area contributed by atoms with E-state index in [4.69, 9.17) is 0 Å². The molecule has 0 spiro atoms. The second-order valence-electron chi connectivity index (χ2n) is 5.16. The Labute approximate surface area is 120 Å². The first-order chi connectivity index (χ1) is 9.46. The van der Waals surface area contributed by atoms with Crippen molar-refractivity contribution in [3.8, 4) is 0 Å². The monoisotopic (exact) mass is 296 g/mol. The quantitative estimate of drug-likeness (QED) is 0.883. The lowest BCUT2D eigenvalue weighted by molar-refractivity contribution is -0.128. The summed E-state index contributed by atoms with van der Waals surface area (Å²) < 4.78 is 26.3. The number of benzene rings is 1. The van der Waals surface area contributed by atoms with Crippen LogP contribution in [0.3, 0.4) is 0 Å². The van der Waals surface area contributed by atoms with E-state index in [0.29, 0.717) is 0 Å². The fourth-order valence-electron chi connectivity index (χ4n) is 2.32. The number of amides is 1. The minimum Gasteiger partial charge on any atom is -0.342 e. The third-order valence-electron chi connectivity index (χ3n) is 3.34. The van der Waals surface area contributed by atoms with E-state index in [1.54, 1.807) is 11.0 Å². The minimum absolute atomic E-state index is 0.0953. The molecule has 20 heavy (non-hydrogen) atoms. The summed E-state index contributed by atoms with van der Waals surface area (Å²) in [6.07, 6.45) is 2.00. The summed E-state index contributed by atoms with van der Waals surface area (Å²) in [7, 11) is -3.47. The molecule has 1 fully saturated rings. The average molecular weight is 296 g/mol. The Bertz CT molecular complexity index is 578. The summed E-state index contributed by atoms with van der Waals surface area (Å²) in [5.74, 6) is -0.239. The van der Waals surface area contributed by atoms with Gasteiger partial charge in [-0.05, 0) is 25.3 Å². The fourth-order valence-corrected chi connectivity index (χ4v) is 3.39. The van der Waals surface area contributed by atoms with Crippen molar-refractivity contribution in [3.63, 3.8) is 0 Å². The Morgan fingerprint density at radius 3 is 2.65 bits per heavy atom. The number of aryl methyl sites for hydroxylation is 1. The topological polar surface area (TPSA) is 66.5 Å². The first kappa shape index (κ1) is 15.0. The van der Waals surface area contributed by atoms with E-state index in [9.17, 15) is 13.2 Å². The molecular weight excluding hydrogens is 276 g/mol. The predicted octanol–water partition coefficient (Wildman–Crippen LogP) is 1.04. The molecule has 0 unspecified atom stereocenters. The van der Waals surface area contributed by atoms with Gasteiger partial charge in [-0.15, -0.1) is 0 Å². The fraction of sp³-hybridized carbons (Fsp3) is 0.500. The van der Waals surface area contributed by atoms with Crippen LogP contribution in [0.5, 0.6) is 0 Å². The minimum atomic E-state index is -3.47. The molecule has 0 aliphatic carbocycles. The van der Waals surface area contributed by atoms with Gasteiger partial charge < -0.3 is 4.90 Å². The number of nitrogens with zero attached hydrogens (tertiary/aromatic N) is 1. The number of sulfonamides is 1. The van der Waals surface area contributed by atoms with E-state index in [-0.39, 0.29) is 18.2 Å². The number of nitrogens with one attached hydrogen (secondary N) is 1. The summed E-state index contributed by atoms with van der Waals surface area (Å²) in [5, 5.41) is 0. The number of hydrogen-bond donors (Lipinski definition) is 1. The molecule has 1 heterocycles. The number of carbonyl (C=O) groups is 1. The van der Waals surface area contributed by atoms with Crippen LogP contribution in [0.1, 0.15) is 24.0 Å².